The molecule has 0 bridgehead atoms. The summed E-state index contributed by atoms with van der Waals surface area (Å²) >= 11 is 0. The summed E-state index contributed by atoms with van der Waals surface area (Å²) in [6.45, 7) is 0. The topological polar surface area (TPSA) is 53.6 Å². The largest absolute Gasteiger partial charge is 0.497 e. The van der Waals surface area contributed by atoms with Gasteiger partial charge in [0, 0.05) is 30.9 Å². The molecule has 1 fully saturated rings. The Morgan fingerprint density at radius 1 is 1.29 bits per heavy atom. The van der Waals surface area contributed by atoms with Gasteiger partial charge in [0.15, 0.2) is 0 Å². The van der Waals surface area contributed by atoms with Gasteiger partial charge in [0.25, 0.3) is 0 Å². The lowest BCUT2D eigenvalue weighted by Gasteiger charge is -2.34. The van der Waals surface area contributed by atoms with Crippen molar-refractivity contribution in [1.82, 2.24) is 10.2 Å². The standard InChI is InChI=1S/C16H25N3O2/c1-17-12-7-9-14(10-8-12)19(2)16(20)18-13-5-4-6-15(11-13)21-3/h4-6,11-12,14,17H,7-10H2,1-3H3,(H,18,20). The van der Waals surface area contributed by atoms with E-state index in [0.717, 1.165) is 37.1 Å². The molecule has 0 saturated heterocycles. The minimum absolute atomic E-state index is 0.0591. The molecule has 0 heterocycles. The monoisotopic (exact) mass is 291 g/mol. The quantitative estimate of drug-likeness (QED) is 0.897. The molecule has 0 unspecified atom stereocenters. The third-order valence-corrected chi connectivity index (χ3v) is 4.29. The van der Waals surface area contributed by atoms with Crippen molar-refractivity contribution in [3.63, 3.8) is 0 Å². The molecule has 0 radical (unpaired) electrons. The van der Waals surface area contributed by atoms with Crippen LogP contribution in [0.25, 0.3) is 0 Å². The van der Waals surface area contributed by atoms with E-state index in [1.807, 2.05) is 43.3 Å². The van der Waals surface area contributed by atoms with Crippen molar-refractivity contribution < 1.29 is 9.53 Å². The van der Waals surface area contributed by atoms with Gasteiger partial charge in [-0.2, -0.15) is 0 Å². The summed E-state index contributed by atoms with van der Waals surface area (Å²) in [4.78, 5) is 14.1. The second kappa shape index (κ2) is 7.31. The summed E-state index contributed by atoms with van der Waals surface area (Å²) in [6, 6.07) is 8.27. The minimum atomic E-state index is -0.0591. The molecule has 1 saturated carbocycles. The molecule has 0 aliphatic heterocycles. The maximum Gasteiger partial charge on any atom is 0.321 e. The van der Waals surface area contributed by atoms with Crippen molar-refractivity contribution in [3.8, 4) is 5.75 Å². The highest BCUT2D eigenvalue weighted by molar-refractivity contribution is 5.89. The van der Waals surface area contributed by atoms with Gasteiger partial charge < -0.3 is 20.3 Å². The number of ether oxygens (including phenoxy) is 1. The molecule has 5 heteroatoms. The van der Waals surface area contributed by atoms with Crippen LogP contribution in [0.2, 0.25) is 0 Å². The Morgan fingerprint density at radius 2 is 2.00 bits per heavy atom. The van der Waals surface area contributed by atoms with Crippen molar-refractivity contribution in [2.45, 2.75) is 37.8 Å². The number of benzene rings is 1. The van der Waals surface area contributed by atoms with Gasteiger partial charge >= 0.3 is 6.03 Å². The van der Waals surface area contributed by atoms with Crippen LogP contribution >= 0.6 is 0 Å². The highest BCUT2D eigenvalue weighted by Crippen LogP contribution is 2.23. The maximum atomic E-state index is 12.3. The Bertz CT molecular complexity index is 470. The molecule has 2 amide bonds. The van der Waals surface area contributed by atoms with Gasteiger partial charge in [-0.05, 0) is 44.9 Å². The second-order valence-electron chi connectivity index (χ2n) is 5.57. The number of amides is 2. The Balaban J connectivity index is 1.90. The Kier molecular flexibility index (Phi) is 5.44. The lowest BCUT2D eigenvalue weighted by atomic mass is 9.90. The normalized spacial score (nSPS) is 21.7. The zero-order chi connectivity index (χ0) is 15.2. The van der Waals surface area contributed by atoms with Crippen LogP contribution in [0, 0.1) is 0 Å². The first kappa shape index (κ1) is 15.6. The van der Waals surface area contributed by atoms with E-state index in [9.17, 15) is 4.79 Å². The van der Waals surface area contributed by atoms with E-state index in [2.05, 4.69) is 10.6 Å². The molecule has 116 valence electrons. The van der Waals surface area contributed by atoms with E-state index in [-0.39, 0.29) is 6.03 Å². The fourth-order valence-corrected chi connectivity index (χ4v) is 2.83. The summed E-state index contributed by atoms with van der Waals surface area (Å²) in [5.41, 5.74) is 0.759. The summed E-state index contributed by atoms with van der Waals surface area (Å²) in [7, 11) is 5.50. The average Bonchev–Trinajstić information content (AvgIpc) is 2.54. The lowest BCUT2D eigenvalue weighted by molar-refractivity contribution is 0.178. The van der Waals surface area contributed by atoms with E-state index >= 15 is 0 Å². The maximum absolute atomic E-state index is 12.3. The number of nitrogens with zero attached hydrogens (tertiary/aromatic N) is 1. The molecule has 2 N–H and O–H groups in total. The van der Waals surface area contributed by atoms with Crippen molar-refractivity contribution >= 4 is 11.7 Å². The van der Waals surface area contributed by atoms with E-state index in [0.29, 0.717) is 12.1 Å². The van der Waals surface area contributed by atoms with Crippen molar-refractivity contribution in [3.05, 3.63) is 24.3 Å². The minimum Gasteiger partial charge on any atom is -0.497 e. The van der Waals surface area contributed by atoms with Crippen LogP contribution in [-0.2, 0) is 0 Å². The van der Waals surface area contributed by atoms with Gasteiger partial charge in [0.1, 0.15) is 5.75 Å². The summed E-state index contributed by atoms with van der Waals surface area (Å²) in [6.07, 6.45) is 4.34. The van der Waals surface area contributed by atoms with Crippen LogP contribution in [0.1, 0.15) is 25.7 Å². The Morgan fingerprint density at radius 3 is 2.62 bits per heavy atom. The van der Waals surface area contributed by atoms with Gasteiger partial charge in [-0.1, -0.05) is 6.07 Å². The highest BCUT2D eigenvalue weighted by atomic mass is 16.5. The number of rotatable bonds is 4. The average molecular weight is 291 g/mol. The first-order valence-corrected chi connectivity index (χ1v) is 7.49. The highest BCUT2D eigenvalue weighted by Gasteiger charge is 2.25. The zero-order valence-electron chi connectivity index (χ0n) is 13.1. The van der Waals surface area contributed by atoms with Crippen molar-refractivity contribution in [1.29, 1.82) is 0 Å². The third kappa shape index (κ3) is 4.11. The van der Waals surface area contributed by atoms with Crippen LogP contribution in [-0.4, -0.2) is 44.2 Å². The van der Waals surface area contributed by atoms with Crippen LogP contribution in [0.5, 0.6) is 5.75 Å². The molecule has 0 spiro atoms. The number of carbonyl (C=O) groups excluding carboxylic acids is 1. The smallest absolute Gasteiger partial charge is 0.321 e. The van der Waals surface area contributed by atoms with Crippen LogP contribution < -0.4 is 15.4 Å². The van der Waals surface area contributed by atoms with E-state index in [4.69, 9.17) is 4.74 Å². The number of anilines is 1. The van der Waals surface area contributed by atoms with Crippen molar-refractivity contribution in [2.75, 3.05) is 26.5 Å². The van der Waals surface area contributed by atoms with Gasteiger partial charge in [0.05, 0.1) is 7.11 Å². The number of urea groups is 1. The van der Waals surface area contributed by atoms with Crippen LogP contribution in [0.4, 0.5) is 10.5 Å². The molecular weight excluding hydrogens is 266 g/mol. The fraction of sp³-hybridized carbons (Fsp3) is 0.562. The molecule has 21 heavy (non-hydrogen) atoms. The SMILES string of the molecule is CNC1CCC(N(C)C(=O)Nc2cccc(OC)c2)CC1. The van der Waals surface area contributed by atoms with E-state index in [1.165, 1.54) is 0 Å². The fourth-order valence-electron chi connectivity index (χ4n) is 2.83. The summed E-state index contributed by atoms with van der Waals surface area (Å²) in [5.74, 6) is 0.741. The third-order valence-electron chi connectivity index (χ3n) is 4.29. The molecule has 1 aliphatic rings. The molecule has 1 aliphatic carbocycles. The molecule has 5 nitrogen and oxygen atoms in total. The molecule has 0 atom stereocenters. The molecule has 1 aromatic rings. The van der Waals surface area contributed by atoms with Crippen LogP contribution in [0.15, 0.2) is 24.3 Å². The zero-order valence-corrected chi connectivity index (χ0v) is 13.1. The predicted molar refractivity (Wildman–Crippen MR) is 84.9 cm³/mol. The Labute approximate surface area is 126 Å². The molecule has 2 rings (SSSR count). The van der Waals surface area contributed by atoms with Gasteiger partial charge in [-0.15, -0.1) is 0 Å². The first-order valence-electron chi connectivity index (χ1n) is 7.49. The number of nitrogens with one attached hydrogen (secondary N) is 2. The second-order valence-corrected chi connectivity index (χ2v) is 5.57. The molecular formula is C16H25N3O2. The molecule has 1 aromatic carbocycles. The van der Waals surface area contributed by atoms with Gasteiger partial charge in [-0.3, -0.25) is 0 Å². The summed E-state index contributed by atoms with van der Waals surface area (Å²) in [5, 5.41) is 6.24. The van der Waals surface area contributed by atoms with E-state index < -0.39 is 0 Å². The number of carbonyl (C=O) groups is 1. The van der Waals surface area contributed by atoms with Crippen LogP contribution in [0.3, 0.4) is 0 Å². The Hall–Kier alpha value is -1.75. The number of hydrogen-bond acceptors (Lipinski definition) is 3. The van der Waals surface area contributed by atoms with Gasteiger partial charge in [0.2, 0.25) is 0 Å². The number of methoxy groups -OCH3 is 1. The predicted octanol–water partition coefficient (Wildman–Crippen LogP) is 2.69. The van der Waals surface area contributed by atoms with E-state index in [1.54, 1.807) is 7.11 Å². The summed E-state index contributed by atoms with van der Waals surface area (Å²) < 4.78 is 5.17. The van der Waals surface area contributed by atoms with Gasteiger partial charge in [-0.25, -0.2) is 4.79 Å². The lowest BCUT2D eigenvalue weighted by Crippen LogP contribution is -2.44. The first-order chi connectivity index (χ1) is 10.1. The molecule has 0 aromatic heterocycles. The number of hydrogen-bond donors (Lipinski definition) is 2. The van der Waals surface area contributed by atoms with Crippen molar-refractivity contribution in [2.24, 2.45) is 0 Å².